The van der Waals surface area contributed by atoms with E-state index >= 15 is 9.59 Å². The van der Waals surface area contributed by atoms with Crippen LogP contribution in [0.25, 0.3) is 10.9 Å². The molecule has 0 aliphatic heterocycles. The Hall–Kier alpha value is -11.3. The molecule has 0 spiro atoms. The van der Waals surface area contributed by atoms with E-state index in [9.17, 15) is 47.9 Å². The van der Waals surface area contributed by atoms with Gasteiger partial charge in [-0.25, -0.2) is 0 Å². The Morgan fingerprint density at radius 3 is 1.03 bits per heavy atom. The highest BCUT2D eigenvalue weighted by Gasteiger charge is 2.40. The van der Waals surface area contributed by atoms with E-state index in [4.69, 9.17) is 68.8 Å². The van der Waals surface area contributed by atoms with Gasteiger partial charge in [-0.2, -0.15) is 0 Å². The predicted octanol–water partition coefficient (Wildman–Crippen LogP) is -4.38. The first-order chi connectivity index (χ1) is 54.5. The molecule has 0 aliphatic carbocycles. The summed E-state index contributed by atoms with van der Waals surface area (Å²) in [5.74, 6) is -13.6. The molecule has 14 atom stereocenters. The monoisotopic (exact) mass is 1630 g/mol. The number of carbonyl (C=O) groups excluding carboxylic acids is 12. The van der Waals surface area contributed by atoms with Crippen molar-refractivity contribution in [2.75, 3.05) is 32.7 Å². The molecule has 41 heteroatoms. The number of H-pyrrole nitrogens is 1. The average molecular weight is 1640 g/mol. The number of para-hydroxylation sites is 1. The minimum Gasteiger partial charge on any atom is -0.370 e. The number of carbonyl (C=O) groups is 12. The maximum absolute atomic E-state index is 15.1. The lowest BCUT2D eigenvalue weighted by atomic mass is 9.95. The van der Waals surface area contributed by atoms with Crippen LogP contribution in [0.4, 0.5) is 0 Å². The Morgan fingerprint density at radius 2 is 0.647 bits per heavy atom. The number of guanidine groups is 5. The third kappa shape index (κ3) is 37.3. The molecule has 2 aromatic rings. The topological polar surface area (TPSA) is 727 Å². The third-order valence-corrected chi connectivity index (χ3v) is 19.3. The van der Waals surface area contributed by atoms with Crippen LogP contribution in [-0.4, -0.2) is 211 Å². The van der Waals surface area contributed by atoms with Gasteiger partial charge < -0.3 is 132 Å². The lowest BCUT2D eigenvalue weighted by Gasteiger charge is -2.31. The molecule has 1 aromatic heterocycles. The van der Waals surface area contributed by atoms with E-state index < -0.39 is 167 Å². The first-order valence-electron chi connectivity index (χ1n) is 39.7. The Kier molecular flexibility index (Phi) is 45.4. The molecule has 36 N–H and O–H groups in total. The van der Waals surface area contributed by atoms with Crippen molar-refractivity contribution in [3.05, 3.63) is 36.0 Å². The van der Waals surface area contributed by atoms with Gasteiger partial charge in [0.05, 0.1) is 6.04 Å². The van der Waals surface area contributed by atoms with E-state index in [1.54, 1.807) is 93.6 Å². The summed E-state index contributed by atoms with van der Waals surface area (Å²) in [4.78, 5) is 196. The van der Waals surface area contributed by atoms with Crippen LogP contribution in [0.3, 0.4) is 0 Å². The second-order valence-corrected chi connectivity index (χ2v) is 30.6. The van der Waals surface area contributed by atoms with E-state index in [-0.39, 0.29) is 158 Å². The summed E-state index contributed by atoms with van der Waals surface area (Å²) < 4.78 is 0. The molecule has 652 valence electrons. The van der Waals surface area contributed by atoms with Crippen LogP contribution < -0.4 is 127 Å². The van der Waals surface area contributed by atoms with Gasteiger partial charge in [-0.1, -0.05) is 114 Å². The van der Waals surface area contributed by atoms with Crippen LogP contribution in [-0.2, 0) is 64.0 Å². The van der Waals surface area contributed by atoms with Gasteiger partial charge in [-0.15, -0.1) is 0 Å². The molecule has 12 amide bonds. The molecule has 0 saturated heterocycles. The molecule has 116 heavy (non-hydrogen) atoms. The first-order valence-corrected chi connectivity index (χ1v) is 39.7. The minimum atomic E-state index is -1.46. The summed E-state index contributed by atoms with van der Waals surface area (Å²) in [5, 5.41) is 31.1. The zero-order valence-corrected chi connectivity index (χ0v) is 69.5. The zero-order valence-electron chi connectivity index (χ0n) is 69.5. The summed E-state index contributed by atoms with van der Waals surface area (Å²) in [7, 11) is 0. The van der Waals surface area contributed by atoms with Crippen LogP contribution in [0, 0.1) is 35.5 Å². The fourth-order valence-electron chi connectivity index (χ4n) is 12.1. The quantitative estimate of drug-likeness (QED) is 0.0169. The molecule has 0 saturated carbocycles. The normalized spacial score (nSPS) is 14.9. The van der Waals surface area contributed by atoms with Crippen molar-refractivity contribution < 1.29 is 57.5 Å². The number of fused-ring (bicyclic) bond motifs is 1. The Bertz CT molecular complexity index is 3670. The third-order valence-electron chi connectivity index (χ3n) is 19.3. The van der Waals surface area contributed by atoms with Crippen LogP contribution in [0.2, 0.25) is 0 Å². The number of rotatable bonds is 55. The van der Waals surface area contributed by atoms with Crippen molar-refractivity contribution in [1.82, 2.24) is 63.5 Å². The van der Waals surface area contributed by atoms with Crippen molar-refractivity contribution in [1.29, 1.82) is 0 Å². The highest BCUT2D eigenvalue weighted by molar-refractivity contribution is 6.00. The molecule has 2 rings (SSSR count). The summed E-state index contributed by atoms with van der Waals surface area (Å²) >= 11 is 0. The number of benzene rings is 1. The van der Waals surface area contributed by atoms with E-state index in [0.29, 0.717) is 29.3 Å². The summed E-state index contributed by atoms with van der Waals surface area (Å²) in [5.41, 5.74) is 68.9. The Labute approximate surface area is 679 Å². The van der Waals surface area contributed by atoms with Crippen LogP contribution in [0.15, 0.2) is 55.4 Å². The van der Waals surface area contributed by atoms with Gasteiger partial charge in [0.15, 0.2) is 29.8 Å². The van der Waals surface area contributed by atoms with E-state index in [1.807, 2.05) is 19.9 Å². The smallest absolute Gasteiger partial charge is 0.243 e. The molecular weight excluding hydrogens is 1500 g/mol. The lowest BCUT2D eigenvalue weighted by Crippen LogP contribution is -2.62. The van der Waals surface area contributed by atoms with Crippen molar-refractivity contribution in [2.24, 2.45) is 129 Å². The van der Waals surface area contributed by atoms with Gasteiger partial charge in [0.1, 0.15) is 66.5 Å². The van der Waals surface area contributed by atoms with Crippen molar-refractivity contribution in [3.63, 3.8) is 0 Å². The van der Waals surface area contributed by atoms with Crippen molar-refractivity contribution >= 4 is 112 Å². The van der Waals surface area contributed by atoms with Gasteiger partial charge in [-0.05, 0) is 124 Å². The predicted molar refractivity (Wildman–Crippen MR) is 447 cm³/mol. The van der Waals surface area contributed by atoms with Crippen LogP contribution in [0.5, 0.6) is 0 Å². The molecule has 1 heterocycles. The molecule has 0 unspecified atom stereocenters. The molecule has 0 fully saturated rings. The number of primary amides is 1. The number of aromatic amines is 1. The van der Waals surface area contributed by atoms with Crippen LogP contribution in [0.1, 0.15) is 179 Å². The molecule has 1 aromatic carbocycles. The van der Waals surface area contributed by atoms with E-state index in [0.717, 1.165) is 0 Å². The van der Waals surface area contributed by atoms with Gasteiger partial charge in [-0.3, -0.25) is 82.5 Å². The second-order valence-electron chi connectivity index (χ2n) is 30.6. The molecule has 0 bridgehead atoms. The number of nitrogens with one attached hydrogen (secondary N) is 12. The van der Waals surface area contributed by atoms with Gasteiger partial charge in [0.25, 0.3) is 0 Å². The number of hydrogen-bond acceptors (Lipinski definition) is 18. The standard InChI is InChI=1S/C75H135N29O12/c1-13-42(11)57(69(115)100-53(36-44-37-93-46-24-16-15-23-45(44)46)64(110)95-49(27-20-32-90-73(82)83)60(106)94-47(59(77)105)26-19-31-89-72(80)81)103-63(109)51(29-22-34-92-75(86)87)98-67(113)55(40(7)8)101-62(108)48(25-17-18-30-88-71(78)79)97-68(114)56(41(9)10)102-70(116)58(43(12)14-2)104-65(111)52(35-38(3)4)99-61(107)50(28-21-33-91-74(84)85)96-66(112)54(76)39(5)6/h15-16,23-24,37-43,47-58,93H,13-14,17-22,25-36,76H2,1-12H3,(H2,77,105)(H,94,106)(H,95,110)(H,96,112)(H,97,114)(H,98,113)(H,99,107)(H,100,115)(H,101,108)(H,102,116)(H,103,109)(H,104,111)(H4,78,79,88)(H4,80,81,89)(H4,82,83,90)(H4,84,85,91)(H4,86,87,92)/t42-,43-,47-,48-,49-,50-,51-,52-,53-,54-,55-,56-,57-,58-/m0/s1. The summed E-state index contributed by atoms with van der Waals surface area (Å²) in [6, 6.07) is -8.53. The summed E-state index contributed by atoms with van der Waals surface area (Å²) in [6.45, 7) is 21.1. The van der Waals surface area contributed by atoms with Crippen molar-refractivity contribution in [2.45, 2.75) is 252 Å². The largest absolute Gasteiger partial charge is 0.370 e. The SMILES string of the molecule is CC[C@H](C)[C@H](NC(=O)[C@H](CCCN=C(N)N)NC(=O)[C@@H](NC(=O)[C@H](CCCCN=C(N)N)NC(=O)[C@@H](NC(=O)[C@@H](NC(=O)[C@H](CC(C)C)NC(=O)[C@H](CCCN=C(N)N)NC(=O)[C@@H](N)C(C)C)[C@@H](C)CC)C(C)C)C(C)C)C(=O)N[C@@H](Cc1c[nH]c2ccccc12)C(=O)N[C@@H](CCCN=C(N)N)C(=O)N[C@@H](CCCN=C(N)N)C(N)=O. The molecule has 0 radical (unpaired) electrons. The zero-order chi connectivity index (χ0) is 87.6. The average Bonchev–Trinajstić information content (AvgIpc) is 1.72. The number of aromatic nitrogens is 1. The first kappa shape index (κ1) is 101. The number of aliphatic imine (C=N–C) groups is 5. The highest BCUT2D eigenvalue weighted by Crippen LogP contribution is 2.22. The van der Waals surface area contributed by atoms with E-state index in [2.05, 4.69) is 88.4 Å². The maximum atomic E-state index is 15.1. The number of hydrogen-bond donors (Lipinski definition) is 24. The molecular formula is C75H135N29O12. The fourth-order valence-corrected chi connectivity index (χ4v) is 12.1. The second kappa shape index (κ2) is 52.2. The number of nitrogens with two attached hydrogens (primary N) is 12. The number of unbranched alkanes of at least 4 members (excludes halogenated alkanes) is 1. The van der Waals surface area contributed by atoms with Gasteiger partial charge in [0, 0.05) is 56.2 Å². The number of amides is 12. The summed E-state index contributed by atoms with van der Waals surface area (Å²) in [6.07, 6.45) is 3.35. The molecule has 41 nitrogen and oxygen atoms in total. The maximum Gasteiger partial charge on any atom is 0.243 e. The molecule has 0 aliphatic rings. The van der Waals surface area contributed by atoms with E-state index in [1.165, 1.54) is 0 Å². The fraction of sp³-hybridized carbons (Fsp3) is 0.667. The highest BCUT2D eigenvalue weighted by atomic mass is 16.2. The van der Waals surface area contributed by atoms with Crippen molar-refractivity contribution in [3.8, 4) is 0 Å². The minimum absolute atomic E-state index is 0.0142. The Balaban J connectivity index is 2.67. The Morgan fingerprint density at radius 1 is 0.345 bits per heavy atom. The van der Waals surface area contributed by atoms with Crippen LogP contribution >= 0.6 is 0 Å². The number of nitrogens with zero attached hydrogens (tertiary/aromatic N) is 5. The van der Waals surface area contributed by atoms with Gasteiger partial charge in [0.2, 0.25) is 70.9 Å². The van der Waals surface area contributed by atoms with Gasteiger partial charge >= 0.3 is 0 Å². The lowest BCUT2D eigenvalue weighted by molar-refractivity contribution is -0.137.